The van der Waals surface area contributed by atoms with Gasteiger partial charge in [0.1, 0.15) is 5.69 Å². The number of aromatic amines is 1. The van der Waals surface area contributed by atoms with Crippen LogP contribution in [0.1, 0.15) is 17.0 Å². The van der Waals surface area contributed by atoms with Crippen LogP contribution < -0.4 is 15.9 Å². The topological polar surface area (TPSA) is 116 Å². The van der Waals surface area contributed by atoms with Crippen LogP contribution in [0.15, 0.2) is 33.7 Å². The number of amidine groups is 1. The van der Waals surface area contributed by atoms with Crippen molar-refractivity contribution < 1.29 is 5.21 Å². The van der Waals surface area contributed by atoms with Crippen LogP contribution in [0, 0.1) is 0 Å². The molecule has 100 valence electrons. The lowest BCUT2D eigenvalue weighted by Gasteiger charge is -2.05. The average Bonchev–Trinajstić information content (AvgIpc) is 2.84. The van der Waals surface area contributed by atoms with E-state index in [0.29, 0.717) is 18.8 Å². The maximum absolute atomic E-state index is 11.0. The minimum atomic E-state index is -0.0603. The van der Waals surface area contributed by atoms with Crippen LogP contribution >= 0.6 is 11.3 Å². The van der Waals surface area contributed by atoms with Crippen LogP contribution in [0.4, 0.5) is 0 Å². The zero-order valence-electron chi connectivity index (χ0n) is 9.96. The summed E-state index contributed by atoms with van der Waals surface area (Å²) < 4.78 is 0. The van der Waals surface area contributed by atoms with Gasteiger partial charge in [-0.25, -0.2) is 0 Å². The van der Waals surface area contributed by atoms with E-state index < -0.39 is 0 Å². The van der Waals surface area contributed by atoms with Gasteiger partial charge in [-0.3, -0.25) is 9.78 Å². The Hall–Kier alpha value is -2.19. The maximum atomic E-state index is 11.0. The number of oxime groups is 1. The Bertz CT molecular complexity index is 634. The summed E-state index contributed by atoms with van der Waals surface area (Å²) in [7, 11) is 0. The van der Waals surface area contributed by atoms with Crippen molar-refractivity contribution in [3.8, 4) is 0 Å². The number of aromatic nitrogens is 2. The molecule has 0 spiro atoms. The first-order chi connectivity index (χ1) is 9.19. The molecule has 0 unspecified atom stereocenters. The molecule has 7 nitrogen and oxygen atoms in total. The number of pyridine rings is 1. The number of thiazole rings is 1. The molecule has 0 amide bonds. The number of nitrogens with zero attached hydrogens (tertiary/aromatic N) is 2. The lowest BCUT2D eigenvalue weighted by Crippen LogP contribution is -2.17. The Balaban J connectivity index is 1.94. The summed E-state index contributed by atoms with van der Waals surface area (Å²) in [6, 6.07) is 3.57. The first-order valence-corrected chi connectivity index (χ1v) is 6.37. The molecular formula is C11H13N5O2S. The molecule has 2 aromatic rings. The molecule has 0 atom stereocenters. The van der Waals surface area contributed by atoms with E-state index in [-0.39, 0.29) is 10.7 Å². The molecule has 0 bridgehead atoms. The molecule has 2 aromatic heterocycles. The standard InChI is InChI=1S/C11H13N5O2S/c12-10(16-18)9-3-7(1-2-14-9)4-13-5-8-6-19-11(17)15-8/h1-3,6,13,18H,4-5H2,(H2,12,16)(H,15,17). The summed E-state index contributed by atoms with van der Waals surface area (Å²) in [5.41, 5.74) is 7.69. The molecule has 0 saturated heterocycles. The molecule has 0 aliphatic rings. The second-order valence-corrected chi connectivity index (χ2v) is 4.65. The lowest BCUT2D eigenvalue weighted by atomic mass is 10.2. The summed E-state index contributed by atoms with van der Waals surface area (Å²) in [6.07, 6.45) is 1.59. The first-order valence-electron chi connectivity index (χ1n) is 5.49. The molecular weight excluding hydrogens is 266 g/mol. The Morgan fingerprint density at radius 1 is 1.58 bits per heavy atom. The fourth-order valence-corrected chi connectivity index (χ4v) is 2.10. The van der Waals surface area contributed by atoms with E-state index in [4.69, 9.17) is 10.9 Å². The molecule has 0 saturated carbocycles. The number of H-pyrrole nitrogens is 1. The van der Waals surface area contributed by atoms with Gasteiger partial charge in [-0.1, -0.05) is 16.5 Å². The highest BCUT2D eigenvalue weighted by Crippen LogP contribution is 2.02. The summed E-state index contributed by atoms with van der Waals surface area (Å²) in [5, 5.41) is 16.4. The Morgan fingerprint density at radius 3 is 3.11 bits per heavy atom. The largest absolute Gasteiger partial charge is 0.409 e. The van der Waals surface area contributed by atoms with Crippen LogP contribution in [0.25, 0.3) is 0 Å². The normalized spacial score (nSPS) is 11.7. The molecule has 0 fully saturated rings. The first kappa shape index (κ1) is 13.2. The summed E-state index contributed by atoms with van der Waals surface area (Å²) in [5.74, 6) is -0.0241. The molecule has 8 heteroatoms. The Morgan fingerprint density at radius 2 is 2.42 bits per heavy atom. The Labute approximate surface area is 112 Å². The third kappa shape index (κ3) is 3.63. The predicted octanol–water partition coefficient (Wildman–Crippen LogP) is 0.216. The Kier molecular flexibility index (Phi) is 4.26. The van der Waals surface area contributed by atoms with Gasteiger partial charge >= 0.3 is 4.87 Å². The van der Waals surface area contributed by atoms with Gasteiger partial charge in [0.15, 0.2) is 5.84 Å². The molecule has 2 rings (SSSR count). The SMILES string of the molecule is N/C(=N/O)c1cc(CNCc2csc(=O)[nH]2)ccn1. The fraction of sp³-hybridized carbons (Fsp3) is 0.182. The summed E-state index contributed by atoms with van der Waals surface area (Å²) in [4.78, 5) is 17.6. The number of nitrogens with two attached hydrogens (primary N) is 1. The van der Waals surface area contributed by atoms with E-state index in [2.05, 4.69) is 20.4 Å². The molecule has 0 radical (unpaired) electrons. The molecule has 5 N–H and O–H groups in total. The average molecular weight is 279 g/mol. The van der Waals surface area contributed by atoms with Gasteiger partial charge in [0.2, 0.25) is 0 Å². The minimum absolute atomic E-state index is 0.0241. The van der Waals surface area contributed by atoms with Crippen molar-refractivity contribution in [2.45, 2.75) is 13.1 Å². The monoisotopic (exact) mass is 279 g/mol. The third-order valence-corrected chi connectivity index (χ3v) is 3.13. The van der Waals surface area contributed by atoms with Crippen molar-refractivity contribution in [3.05, 3.63) is 50.3 Å². The number of hydrogen-bond acceptors (Lipinski definition) is 6. The van der Waals surface area contributed by atoms with Gasteiger partial charge < -0.3 is 21.2 Å². The summed E-state index contributed by atoms with van der Waals surface area (Å²) >= 11 is 1.14. The van der Waals surface area contributed by atoms with E-state index in [1.165, 1.54) is 0 Å². The van der Waals surface area contributed by atoms with E-state index in [9.17, 15) is 4.79 Å². The smallest absolute Gasteiger partial charge is 0.304 e. The maximum Gasteiger partial charge on any atom is 0.304 e. The molecule has 0 aliphatic carbocycles. The van der Waals surface area contributed by atoms with E-state index >= 15 is 0 Å². The van der Waals surface area contributed by atoms with Gasteiger partial charge in [0.25, 0.3) is 0 Å². The van der Waals surface area contributed by atoms with Crippen LogP contribution in [0.2, 0.25) is 0 Å². The molecule has 0 aliphatic heterocycles. The number of nitrogens with one attached hydrogen (secondary N) is 2. The van der Waals surface area contributed by atoms with Crippen molar-refractivity contribution in [2.75, 3.05) is 0 Å². The van der Waals surface area contributed by atoms with Gasteiger partial charge in [-0.15, -0.1) is 0 Å². The van der Waals surface area contributed by atoms with Crippen molar-refractivity contribution in [3.63, 3.8) is 0 Å². The highest BCUT2D eigenvalue weighted by molar-refractivity contribution is 7.07. The molecule has 19 heavy (non-hydrogen) atoms. The highest BCUT2D eigenvalue weighted by Gasteiger charge is 2.02. The van der Waals surface area contributed by atoms with Crippen LogP contribution in [0.3, 0.4) is 0 Å². The van der Waals surface area contributed by atoms with Crippen molar-refractivity contribution >= 4 is 17.2 Å². The minimum Gasteiger partial charge on any atom is -0.409 e. The second kappa shape index (κ2) is 6.12. The molecule has 2 heterocycles. The predicted molar refractivity (Wildman–Crippen MR) is 72.2 cm³/mol. The third-order valence-electron chi connectivity index (χ3n) is 2.41. The van der Waals surface area contributed by atoms with Crippen molar-refractivity contribution in [2.24, 2.45) is 10.9 Å². The molecule has 0 aromatic carbocycles. The van der Waals surface area contributed by atoms with Gasteiger partial charge in [0.05, 0.1) is 0 Å². The van der Waals surface area contributed by atoms with Crippen LogP contribution in [-0.2, 0) is 13.1 Å². The second-order valence-electron chi connectivity index (χ2n) is 3.81. The quantitative estimate of drug-likeness (QED) is 0.270. The van der Waals surface area contributed by atoms with E-state index in [1.54, 1.807) is 17.6 Å². The fourth-order valence-electron chi connectivity index (χ4n) is 1.52. The summed E-state index contributed by atoms with van der Waals surface area (Å²) in [6.45, 7) is 1.16. The van der Waals surface area contributed by atoms with Gasteiger partial charge in [-0.2, -0.15) is 0 Å². The van der Waals surface area contributed by atoms with E-state index in [0.717, 1.165) is 22.6 Å². The van der Waals surface area contributed by atoms with Crippen LogP contribution in [0.5, 0.6) is 0 Å². The van der Waals surface area contributed by atoms with Crippen molar-refractivity contribution in [1.82, 2.24) is 15.3 Å². The van der Waals surface area contributed by atoms with Crippen LogP contribution in [-0.4, -0.2) is 21.0 Å². The lowest BCUT2D eigenvalue weighted by molar-refractivity contribution is 0.318. The van der Waals surface area contributed by atoms with E-state index in [1.807, 2.05) is 6.07 Å². The van der Waals surface area contributed by atoms with Gasteiger partial charge in [0, 0.05) is 30.4 Å². The zero-order chi connectivity index (χ0) is 13.7. The van der Waals surface area contributed by atoms with Crippen molar-refractivity contribution in [1.29, 1.82) is 0 Å². The highest BCUT2D eigenvalue weighted by atomic mass is 32.1. The number of rotatable bonds is 5. The zero-order valence-corrected chi connectivity index (χ0v) is 10.8. The van der Waals surface area contributed by atoms with Gasteiger partial charge in [-0.05, 0) is 17.7 Å². The number of hydrogen-bond donors (Lipinski definition) is 4.